The molecule has 9 rings (SSSR count). The van der Waals surface area contributed by atoms with Gasteiger partial charge in [-0.2, -0.15) is 15.3 Å². The third-order valence-corrected chi connectivity index (χ3v) is 10.5. The third-order valence-electron chi connectivity index (χ3n) is 9.74. The van der Waals surface area contributed by atoms with Crippen molar-refractivity contribution in [1.82, 2.24) is 44.3 Å². The zero-order chi connectivity index (χ0) is 51.3. The number of carbonyl (C=O) groups is 3. The van der Waals surface area contributed by atoms with E-state index in [0.29, 0.717) is 50.0 Å². The van der Waals surface area contributed by atoms with E-state index in [1.807, 2.05) is 0 Å². The number of halogens is 9. The lowest BCUT2D eigenvalue weighted by atomic mass is 10.1. The molecule has 0 aliphatic heterocycles. The van der Waals surface area contributed by atoms with Crippen molar-refractivity contribution >= 4 is 87.5 Å². The molecule has 0 aliphatic carbocycles. The molecule has 0 saturated heterocycles. The molecule has 0 aliphatic rings. The first-order valence-corrected chi connectivity index (χ1v) is 21.7. The van der Waals surface area contributed by atoms with E-state index in [2.05, 4.69) is 30.2 Å². The van der Waals surface area contributed by atoms with E-state index >= 15 is 0 Å². The van der Waals surface area contributed by atoms with Crippen molar-refractivity contribution < 1.29 is 40.7 Å². The predicted molar refractivity (Wildman–Crippen MR) is 259 cm³/mol. The molecule has 0 bridgehead atoms. The molecule has 72 heavy (non-hydrogen) atoms. The Labute approximate surface area is 419 Å². The number of carbonyl (C=O) groups excluding carboxylic acids is 3. The highest BCUT2D eigenvalue weighted by atomic mass is 35.5. The van der Waals surface area contributed by atoms with Gasteiger partial charge < -0.3 is 0 Å². The van der Waals surface area contributed by atoms with Crippen LogP contribution < -0.4 is 0 Å². The van der Waals surface area contributed by atoms with Crippen LogP contribution in [-0.4, -0.2) is 61.6 Å². The zero-order valence-electron chi connectivity index (χ0n) is 36.5. The Kier molecular flexibility index (Phi) is 17.0. The van der Waals surface area contributed by atoms with Crippen LogP contribution in [0.3, 0.4) is 0 Å². The molecule has 0 saturated carbocycles. The number of benzene rings is 6. The second-order valence-corrected chi connectivity index (χ2v) is 15.9. The van der Waals surface area contributed by atoms with Crippen LogP contribution in [0.1, 0.15) is 47.8 Å². The van der Waals surface area contributed by atoms with Gasteiger partial charge in [-0.05, 0) is 108 Å². The largest absolute Gasteiger partial charge is 0.287 e. The van der Waals surface area contributed by atoms with Gasteiger partial charge in [0.1, 0.15) is 90.0 Å². The Balaban J connectivity index is 0.000000158. The van der Waals surface area contributed by atoms with Crippen molar-refractivity contribution in [1.29, 1.82) is 0 Å². The number of hydrogen-bond acceptors (Lipinski definition) is 9. The lowest BCUT2D eigenvalue weighted by Crippen LogP contribution is -2.12. The van der Waals surface area contributed by atoms with Crippen LogP contribution in [0.5, 0.6) is 0 Å². The summed E-state index contributed by atoms with van der Waals surface area (Å²) in [5, 5.41) is 13.4. The molecule has 360 valence electrons. The summed E-state index contributed by atoms with van der Waals surface area (Å²) in [7, 11) is 0. The minimum absolute atomic E-state index is 0.0698. The lowest BCUT2D eigenvalue weighted by molar-refractivity contribution is 0.103. The van der Waals surface area contributed by atoms with Crippen LogP contribution in [0.15, 0.2) is 165 Å². The van der Waals surface area contributed by atoms with E-state index in [9.17, 15) is 40.7 Å². The first-order valence-electron chi connectivity index (χ1n) is 20.6. The zero-order valence-corrected chi connectivity index (χ0v) is 38.7. The number of Topliss-reactive ketones (excluding diaryl/α,β-unsaturated/α-hetero) is 3. The van der Waals surface area contributed by atoms with Gasteiger partial charge in [-0.25, -0.2) is 55.3 Å². The Morgan fingerprint density at radius 2 is 0.625 bits per heavy atom. The van der Waals surface area contributed by atoms with Gasteiger partial charge in [0.2, 0.25) is 17.3 Å². The Morgan fingerprint density at radius 3 is 0.833 bits per heavy atom. The van der Waals surface area contributed by atoms with Crippen LogP contribution in [-0.2, 0) is 0 Å². The molecule has 3 heterocycles. The highest BCUT2D eigenvalue weighted by Crippen LogP contribution is 2.24. The standard InChI is InChI=1S/3C17H10ClF2N3O/c3*18-12-3-1-11(2-4-12)7-16(23-10-21-9-22-23)17(24)14-6-5-13(19)8-15(14)20/h3*1-10H/b3*16-7-. The first-order chi connectivity index (χ1) is 34.6. The second-order valence-electron chi connectivity index (χ2n) is 14.6. The van der Waals surface area contributed by atoms with Crippen molar-refractivity contribution in [3.8, 4) is 0 Å². The fraction of sp³-hybridized carbons (Fsp3) is 0. The quantitative estimate of drug-likeness (QED) is 0.0663. The summed E-state index contributed by atoms with van der Waals surface area (Å²) in [5.74, 6) is -7.03. The number of hydrogen-bond donors (Lipinski definition) is 0. The topological polar surface area (TPSA) is 143 Å². The SMILES string of the molecule is O=C(/C(=C/c1ccc(Cl)cc1)n1cncn1)c1ccc(F)cc1F.O=C(/C(=C/c1ccc(Cl)cc1)n1cncn1)c1ccc(F)cc1F.O=C(/C(=C/c1ccc(Cl)cc1)n1cncn1)c1ccc(F)cc1F. The summed E-state index contributed by atoms with van der Waals surface area (Å²) in [5.41, 5.74) is 1.44. The van der Waals surface area contributed by atoms with Gasteiger partial charge in [-0.1, -0.05) is 71.2 Å². The fourth-order valence-electron chi connectivity index (χ4n) is 6.29. The summed E-state index contributed by atoms with van der Waals surface area (Å²) < 4.78 is 84.7. The maximum Gasteiger partial charge on any atom is 0.214 e. The van der Waals surface area contributed by atoms with Crippen molar-refractivity contribution in [3.63, 3.8) is 0 Å². The molecule has 0 radical (unpaired) electrons. The monoisotopic (exact) mass is 1040 g/mol. The molecule has 9 aromatic rings. The van der Waals surface area contributed by atoms with Crippen LogP contribution in [0.4, 0.5) is 26.3 Å². The van der Waals surface area contributed by atoms with E-state index in [1.54, 1.807) is 72.8 Å². The van der Waals surface area contributed by atoms with Gasteiger partial charge in [0.15, 0.2) is 0 Å². The highest BCUT2D eigenvalue weighted by molar-refractivity contribution is 6.32. The van der Waals surface area contributed by atoms with Crippen molar-refractivity contribution in [2.45, 2.75) is 0 Å². The van der Waals surface area contributed by atoms with E-state index in [1.165, 1.54) is 70.2 Å². The minimum Gasteiger partial charge on any atom is -0.287 e. The second kappa shape index (κ2) is 23.8. The van der Waals surface area contributed by atoms with E-state index in [0.717, 1.165) is 36.4 Å². The molecule has 12 nitrogen and oxygen atoms in total. The molecule has 0 atom stereocenters. The molecule has 0 spiro atoms. The third kappa shape index (κ3) is 13.4. The van der Waals surface area contributed by atoms with Crippen molar-refractivity contribution in [2.75, 3.05) is 0 Å². The van der Waals surface area contributed by atoms with Gasteiger partial charge in [0.05, 0.1) is 16.7 Å². The van der Waals surface area contributed by atoms with Crippen LogP contribution >= 0.6 is 34.8 Å². The van der Waals surface area contributed by atoms with Gasteiger partial charge in [0, 0.05) is 33.3 Å². The summed E-state index contributed by atoms with van der Waals surface area (Å²) in [4.78, 5) is 49.5. The van der Waals surface area contributed by atoms with Crippen molar-refractivity contribution in [3.05, 3.63) is 249 Å². The number of aromatic nitrogens is 9. The van der Waals surface area contributed by atoms with Gasteiger partial charge in [-0.15, -0.1) is 0 Å². The average molecular weight is 1040 g/mol. The molecule has 6 aromatic carbocycles. The lowest BCUT2D eigenvalue weighted by Gasteiger charge is -2.08. The Morgan fingerprint density at radius 1 is 0.375 bits per heavy atom. The summed E-state index contributed by atoms with van der Waals surface area (Å²) in [6.45, 7) is 0. The Hall–Kier alpha value is -8.58. The summed E-state index contributed by atoms with van der Waals surface area (Å²) >= 11 is 17.5. The summed E-state index contributed by atoms with van der Waals surface area (Å²) in [6.07, 6.45) is 12.3. The first kappa shape index (κ1) is 51.3. The molecule has 3 aromatic heterocycles. The number of ketones is 3. The molecule has 0 N–H and O–H groups in total. The maximum absolute atomic E-state index is 13.9. The van der Waals surface area contributed by atoms with Gasteiger partial charge >= 0.3 is 0 Å². The normalized spacial score (nSPS) is 11.5. The number of allylic oxidation sites excluding steroid dienone is 3. The van der Waals surface area contributed by atoms with Crippen molar-refractivity contribution in [2.24, 2.45) is 0 Å². The van der Waals surface area contributed by atoms with Crippen LogP contribution in [0.25, 0.3) is 35.3 Å². The average Bonchev–Trinajstić information content (AvgIpc) is 4.20. The fourth-order valence-corrected chi connectivity index (χ4v) is 6.67. The highest BCUT2D eigenvalue weighted by Gasteiger charge is 2.22. The molecule has 0 amide bonds. The van der Waals surface area contributed by atoms with Gasteiger partial charge in [0.25, 0.3) is 0 Å². The van der Waals surface area contributed by atoms with Gasteiger partial charge in [-0.3, -0.25) is 14.4 Å². The Bertz CT molecular complexity index is 3080. The minimum atomic E-state index is -0.942. The number of rotatable bonds is 12. The molecular weight excluding hydrogens is 1010 g/mol. The molecule has 0 fully saturated rings. The molecule has 21 heteroatoms. The van der Waals surface area contributed by atoms with Crippen LogP contribution in [0, 0.1) is 34.9 Å². The summed E-state index contributed by atoms with van der Waals surface area (Å²) in [6, 6.07) is 28.5. The van der Waals surface area contributed by atoms with E-state index in [-0.39, 0.29) is 33.8 Å². The number of nitrogens with zero attached hydrogens (tertiary/aromatic N) is 9. The predicted octanol–water partition coefficient (Wildman–Crippen LogP) is 12.3. The van der Waals surface area contributed by atoms with E-state index < -0.39 is 52.3 Å². The smallest absolute Gasteiger partial charge is 0.214 e. The van der Waals surface area contributed by atoms with Crippen LogP contribution in [0.2, 0.25) is 15.1 Å². The maximum atomic E-state index is 13.9. The molecular formula is C51H30Cl3F6N9O3. The molecule has 0 unspecified atom stereocenters. The van der Waals surface area contributed by atoms with E-state index in [4.69, 9.17) is 34.8 Å².